The van der Waals surface area contributed by atoms with Gasteiger partial charge < -0.3 is 67.9 Å². The molecule has 33 heteroatoms. The fourth-order valence-corrected chi connectivity index (χ4v) is 7.18. The number of alkyl halides is 3. The summed E-state index contributed by atoms with van der Waals surface area (Å²) in [6.07, 6.45) is -6.62. The quantitative estimate of drug-likeness (QED) is 0.0196. The lowest BCUT2D eigenvalue weighted by molar-refractivity contribution is -0.171. The SMILES string of the molecule is CC(C)C1NC(=O)[C@@H](Cc2ccc(OCCCNC(=O)CN(CCN(CCN(CC(=O)O)CC(=O)O)CC(=O)O)CC(=O)O)cc2)NC(=O)[C@H](CC(=O)O)NC(=O)CNC(=O)[C@H](CCCN=C(N)NC(=O)C(F)(F)F)NC1=O. The van der Waals surface area contributed by atoms with Crippen molar-refractivity contribution < 1.29 is 101 Å². The van der Waals surface area contributed by atoms with Crippen molar-refractivity contribution >= 4 is 77.2 Å². The highest BCUT2D eigenvalue weighted by molar-refractivity contribution is 5.99. The van der Waals surface area contributed by atoms with E-state index in [1.54, 1.807) is 13.8 Å². The molecule has 2 rings (SSSR count). The number of rotatable bonds is 30. The van der Waals surface area contributed by atoms with Crippen LogP contribution in [-0.2, 0) is 64.0 Å². The summed E-state index contributed by atoms with van der Waals surface area (Å²) in [6, 6.07) is -0.0541. The second kappa shape index (κ2) is 33.1. The van der Waals surface area contributed by atoms with Crippen LogP contribution in [0.3, 0.4) is 0 Å². The summed E-state index contributed by atoms with van der Waals surface area (Å²) < 4.78 is 43.5. The van der Waals surface area contributed by atoms with Crippen molar-refractivity contribution in [3.05, 3.63) is 29.8 Å². The maximum atomic E-state index is 14.0. The highest BCUT2D eigenvalue weighted by Crippen LogP contribution is 2.16. The summed E-state index contributed by atoms with van der Waals surface area (Å²) in [6.45, 7) is -1.14. The highest BCUT2D eigenvalue weighted by atomic mass is 19.4. The standard InChI is InChI=1S/C45H65F3N12O18/c1-25(2)38-42(76)54-28(5-3-10-51-44(49)57-43(77)45(46,47)48)39(73)52-19-31(61)53-30(18-33(63)64)40(74)55-29(41(75)56-38)17-26-6-8-27(9-7-26)78-16-4-11-50-32(62)20-59(22-35(67)68)14-12-58(21-34(65)66)13-15-60(23-36(69)70)24-37(71)72/h6-9,25,28-30,38H,3-5,10-24H2,1-2H3,(H,50,62)(H,52,73)(H,53,61)(H,54,76)(H,55,74)(H,56,75)(H,63,64)(H,65,66)(H,67,68)(H,69,70)(H,71,72)(H3,49,51,57,77)/t28-,29+,30-,38?/m0/s1. The van der Waals surface area contributed by atoms with Gasteiger partial charge in [0.1, 0.15) is 29.9 Å². The first-order valence-corrected chi connectivity index (χ1v) is 23.9. The zero-order valence-electron chi connectivity index (χ0n) is 42.5. The van der Waals surface area contributed by atoms with Gasteiger partial charge in [0, 0.05) is 45.7 Å². The number of carboxylic acids is 5. The van der Waals surface area contributed by atoms with E-state index < -0.39 is 159 Å². The van der Waals surface area contributed by atoms with Gasteiger partial charge in [-0.25, -0.2) is 0 Å². The van der Waals surface area contributed by atoms with Crippen LogP contribution in [0.25, 0.3) is 0 Å². The lowest BCUT2D eigenvalue weighted by atomic mass is 9.99. The number of carboxylic acid groups (broad SMARTS) is 5. The Balaban J connectivity index is 2.15. The molecule has 1 saturated heterocycles. The van der Waals surface area contributed by atoms with Crippen LogP contribution in [0, 0.1) is 5.92 Å². The largest absolute Gasteiger partial charge is 0.494 e. The second-order valence-corrected chi connectivity index (χ2v) is 17.8. The molecule has 1 fully saturated rings. The Labute approximate surface area is 443 Å². The van der Waals surface area contributed by atoms with Crippen molar-refractivity contribution in [2.45, 2.75) is 76.3 Å². The Morgan fingerprint density at radius 1 is 0.692 bits per heavy atom. The highest BCUT2D eigenvalue weighted by Gasteiger charge is 2.39. The number of aliphatic imine (C=N–C) groups is 1. The van der Waals surface area contributed by atoms with Crippen molar-refractivity contribution in [1.82, 2.24) is 51.9 Å². The van der Waals surface area contributed by atoms with E-state index in [0.29, 0.717) is 11.3 Å². The molecule has 1 heterocycles. The average Bonchev–Trinajstić information content (AvgIpc) is 3.32. The summed E-state index contributed by atoms with van der Waals surface area (Å²) in [4.78, 5) is 156. The van der Waals surface area contributed by atoms with Crippen LogP contribution in [0.15, 0.2) is 29.3 Å². The summed E-state index contributed by atoms with van der Waals surface area (Å²) >= 11 is 0. The monoisotopic (exact) mass is 1120 g/mol. The topological polar surface area (TPSA) is 448 Å². The fraction of sp³-hybridized carbons (Fsp3) is 0.578. The van der Waals surface area contributed by atoms with Gasteiger partial charge in [0.05, 0.1) is 52.3 Å². The summed E-state index contributed by atoms with van der Waals surface area (Å²) in [5.41, 5.74) is 5.76. The van der Waals surface area contributed by atoms with Crippen molar-refractivity contribution in [2.75, 3.05) is 85.1 Å². The summed E-state index contributed by atoms with van der Waals surface area (Å²) in [5, 5.41) is 62.4. The number of nitrogens with one attached hydrogen (secondary N) is 7. The number of nitrogens with two attached hydrogens (primary N) is 1. The minimum atomic E-state index is -5.25. The predicted molar refractivity (Wildman–Crippen MR) is 261 cm³/mol. The van der Waals surface area contributed by atoms with Crippen LogP contribution in [0.2, 0.25) is 0 Å². The van der Waals surface area contributed by atoms with Gasteiger partial charge in [0.25, 0.3) is 0 Å². The van der Waals surface area contributed by atoms with Gasteiger partial charge in [-0.15, -0.1) is 0 Å². The number of benzene rings is 1. The molecular weight excluding hydrogens is 1050 g/mol. The molecule has 7 amide bonds. The Morgan fingerprint density at radius 2 is 1.22 bits per heavy atom. The Morgan fingerprint density at radius 3 is 1.76 bits per heavy atom. The van der Waals surface area contributed by atoms with Crippen LogP contribution in [-0.4, -0.2) is 233 Å². The molecule has 0 aliphatic carbocycles. The molecule has 30 nitrogen and oxygen atoms in total. The fourth-order valence-electron chi connectivity index (χ4n) is 7.18. The zero-order chi connectivity index (χ0) is 58.7. The average molecular weight is 1120 g/mol. The molecule has 1 aliphatic rings. The normalized spacial score (nSPS) is 17.9. The summed E-state index contributed by atoms with van der Waals surface area (Å²) in [5.74, 6) is -15.8. The van der Waals surface area contributed by atoms with Crippen LogP contribution >= 0.6 is 0 Å². The number of carbonyl (C=O) groups excluding carboxylic acids is 7. The predicted octanol–water partition coefficient (Wildman–Crippen LogP) is -4.67. The molecule has 0 aromatic heterocycles. The number of guanidine groups is 1. The Bertz CT molecular complexity index is 2310. The maximum Gasteiger partial charge on any atom is 0.471 e. The van der Waals surface area contributed by atoms with E-state index >= 15 is 0 Å². The first kappa shape index (κ1) is 65.9. The van der Waals surface area contributed by atoms with Crippen molar-refractivity contribution in [3.63, 3.8) is 0 Å². The van der Waals surface area contributed by atoms with E-state index in [-0.39, 0.29) is 71.6 Å². The number of amides is 7. The molecule has 1 aromatic rings. The molecule has 434 valence electrons. The van der Waals surface area contributed by atoms with Gasteiger partial charge in [0.15, 0.2) is 5.96 Å². The van der Waals surface area contributed by atoms with E-state index in [1.165, 1.54) is 39.4 Å². The molecule has 14 N–H and O–H groups in total. The van der Waals surface area contributed by atoms with Gasteiger partial charge in [-0.2, -0.15) is 13.2 Å². The molecular formula is C45H65F3N12O18. The van der Waals surface area contributed by atoms with E-state index in [2.05, 4.69) is 36.9 Å². The van der Waals surface area contributed by atoms with Crippen molar-refractivity contribution in [1.29, 1.82) is 0 Å². The molecule has 1 aliphatic heterocycles. The maximum absolute atomic E-state index is 14.0. The second-order valence-electron chi connectivity index (χ2n) is 17.8. The first-order valence-electron chi connectivity index (χ1n) is 23.9. The Kier molecular flexibility index (Phi) is 27.9. The number of carbonyl (C=O) groups is 12. The lowest BCUT2D eigenvalue weighted by Gasteiger charge is -2.27. The van der Waals surface area contributed by atoms with Crippen LogP contribution < -0.4 is 47.7 Å². The molecule has 0 saturated carbocycles. The smallest absolute Gasteiger partial charge is 0.471 e. The van der Waals surface area contributed by atoms with E-state index in [1.807, 2.05) is 0 Å². The number of nitrogens with zero attached hydrogens (tertiary/aromatic N) is 4. The van der Waals surface area contributed by atoms with Gasteiger partial charge in [-0.1, -0.05) is 26.0 Å². The Hall–Kier alpha value is -8.20. The number of hydrogen-bond acceptors (Lipinski definition) is 17. The minimum Gasteiger partial charge on any atom is -0.494 e. The number of hydrogen-bond donors (Lipinski definition) is 13. The molecule has 1 aromatic carbocycles. The van der Waals surface area contributed by atoms with E-state index in [0.717, 1.165) is 4.90 Å². The van der Waals surface area contributed by atoms with E-state index in [9.17, 15) is 86.0 Å². The van der Waals surface area contributed by atoms with Crippen LogP contribution in [0.4, 0.5) is 13.2 Å². The third kappa shape index (κ3) is 27.0. The van der Waals surface area contributed by atoms with Gasteiger partial charge in [-0.05, 0) is 42.9 Å². The molecule has 0 bridgehead atoms. The third-order valence-electron chi connectivity index (χ3n) is 10.9. The molecule has 0 radical (unpaired) electrons. The van der Waals surface area contributed by atoms with Crippen molar-refractivity contribution in [3.8, 4) is 5.75 Å². The third-order valence-corrected chi connectivity index (χ3v) is 10.9. The number of halogens is 3. The summed E-state index contributed by atoms with van der Waals surface area (Å²) in [7, 11) is 0. The van der Waals surface area contributed by atoms with Crippen LogP contribution in [0.1, 0.15) is 45.1 Å². The molecule has 4 atom stereocenters. The lowest BCUT2D eigenvalue weighted by Crippen LogP contribution is -2.59. The first-order chi connectivity index (χ1) is 36.5. The van der Waals surface area contributed by atoms with Crippen LogP contribution in [0.5, 0.6) is 5.75 Å². The minimum absolute atomic E-state index is 0.0510. The number of aliphatic carboxylic acids is 5. The molecule has 1 unspecified atom stereocenters. The van der Waals surface area contributed by atoms with Crippen molar-refractivity contribution in [2.24, 2.45) is 16.6 Å². The molecule has 0 spiro atoms. The van der Waals surface area contributed by atoms with Gasteiger partial charge in [0.2, 0.25) is 35.4 Å². The van der Waals surface area contributed by atoms with E-state index in [4.69, 9.17) is 20.7 Å². The zero-order valence-corrected chi connectivity index (χ0v) is 42.5. The molecule has 78 heavy (non-hydrogen) atoms. The number of ether oxygens (including phenoxy) is 1. The van der Waals surface area contributed by atoms with Gasteiger partial charge in [-0.3, -0.25) is 82.5 Å². The van der Waals surface area contributed by atoms with Gasteiger partial charge >= 0.3 is 41.9 Å².